The lowest BCUT2D eigenvalue weighted by Gasteiger charge is -2.24. The molecule has 3 rings (SSSR count). The summed E-state index contributed by atoms with van der Waals surface area (Å²) < 4.78 is 0. The van der Waals surface area contributed by atoms with Gasteiger partial charge in [0.2, 0.25) is 5.91 Å². The largest absolute Gasteiger partial charge is 0.347 e. The lowest BCUT2D eigenvalue weighted by molar-refractivity contribution is -0.112. The Bertz CT molecular complexity index is 778. The average Bonchev–Trinajstić information content (AvgIpc) is 2.71. The van der Waals surface area contributed by atoms with Crippen molar-refractivity contribution in [2.45, 2.75) is 19.3 Å². The van der Waals surface area contributed by atoms with E-state index in [0.717, 1.165) is 17.1 Å². The van der Waals surface area contributed by atoms with Gasteiger partial charge in [0.05, 0.1) is 0 Å². The quantitative estimate of drug-likeness (QED) is 0.819. The second-order valence-corrected chi connectivity index (χ2v) is 6.66. The first kappa shape index (κ1) is 15.6. The molecule has 0 unspecified atom stereocenters. The fraction of sp³-hybridized carbons (Fsp3) is 0.211. The number of carbonyl (C=O) groups is 1. The lowest BCUT2D eigenvalue weighted by atomic mass is 9.84. The highest BCUT2D eigenvalue weighted by Crippen LogP contribution is 2.46. The summed E-state index contributed by atoms with van der Waals surface area (Å²) >= 11 is 5.86. The molecule has 0 atom stereocenters. The molecule has 3 nitrogen and oxygen atoms in total. The van der Waals surface area contributed by atoms with Gasteiger partial charge < -0.3 is 10.2 Å². The van der Waals surface area contributed by atoms with Crippen molar-refractivity contribution in [2.24, 2.45) is 0 Å². The van der Waals surface area contributed by atoms with Gasteiger partial charge in [-0.05, 0) is 35.9 Å². The molecule has 0 aromatic heterocycles. The van der Waals surface area contributed by atoms with Crippen LogP contribution in [0.5, 0.6) is 0 Å². The van der Waals surface area contributed by atoms with E-state index in [1.807, 2.05) is 19.2 Å². The van der Waals surface area contributed by atoms with Crippen LogP contribution in [0.15, 0.2) is 60.3 Å². The summed E-state index contributed by atoms with van der Waals surface area (Å²) in [7, 11) is 2.00. The maximum Gasteiger partial charge on any atom is 0.250 e. The molecule has 2 aromatic rings. The normalized spacial score (nSPS) is 17.2. The van der Waals surface area contributed by atoms with Crippen molar-refractivity contribution in [3.8, 4) is 0 Å². The van der Waals surface area contributed by atoms with Gasteiger partial charge >= 0.3 is 0 Å². The zero-order chi connectivity index (χ0) is 16.6. The van der Waals surface area contributed by atoms with Crippen molar-refractivity contribution in [2.75, 3.05) is 17.3 Å². The van der Waals surface area contributed by atoms with Gasteiger partial charge in [-0.25, -0.2) is 0 Å². The number of benzene rings is 2. The molecule has 1 amide bonds. The molecule has 4 heteroatoms. The standard InChI is InChI=1S/C19H19ClN2O/c1-19(2)15-6-4-5-7-16(15)22(3)17(19)12-18(23)21-14-10-8-13(20)9-11-14/h4-12H,1-3H3,(H,21,23)/b17-12+. The third-order valence-electron chi connectivity index (χ3n) is 4.32. The van der Waals surface area contributed by atoms with Gasteiger partial charge in [0, 0.05) is 40.6 Å². The molecule has 0 bridgehead atoms. The van der Waals surface area contributed by atoms with Crippen molar-refractivity contribution >= 4 is 28.9 Å². The van der Waals surface area contributed by atoms with Gasteiger partial charge in [-0.3, -0.25) is 4.79 Å². The highest BCUT2D eigenvalue weighted by atomic mass is 35.5. The topological polar surface area (TPSA) is 32.3 Å². The van der Waals surface area contributed by atoms with E-state index in [1.165, 1.54) is 5.56 Å². The first-order valence-corrected chi connectivity index (χ1v) is 7.89. The van der Waals surface area contributed by atoms with Crippen molar-refractivity contribution in [1.29, 1.82) is 0 Å². The van der Waals surface area contributed by atoms with Gasteiger partial charge in [0.15, 0.2) is 0 Å². The van der Waals surface area contributed by atoms with Crippen LogP contribution >= 0.6 is 11.6 Å². The molecule has 1 aliphatic heterocycles. The molecule has 0 aliphatic carbocycles. The molecule has 1 heterocycles. The second kappa shape index (κ2) is 5.74. The van der Waals surface area contributed by atoms with Crippen LogP contribution in [0.3, 0.4) is 0 Å². The minimum absolute atomic E-state index is 0.143. The summed E-state index contributed by atoms with van der Waals surface area (Å²) in [6, 6.07) is 15.3. The fourth-order valence-electron chi connectivity index (χ4n) is 3.09. The number of allylic oxidation sites excluding steroid dienone is 1. The van der Waals surface area contributed by atoms with E-state index in [2.05, 4.69) is 36.2 Å². The summed E-state index contributed by atoms with van der Waals surface area (Å²) in [5.41, 5.74) is 3.87. The Morgan fingerprint density at radius 3 is 2.43 bits per heavy atom. The lowest BCUT2D eigenvalue weighted by Crippen LogP contribution is -2.25. The van der Waals surface area contributed by atoms with Crippen molar-refractivity contribution in [3.05, 3.63) is 70.9 Å². The number of rotatable bonds is 2. The van der Waals surface area contributed by atoms with Crippen molar-refractivity contribution in [3.63, 3.8) is 0 Å². The number of hydrogen-bond acceptors (Lipinski definition) is 2. The van der Waals surface area contributed by atoms with Crippen LogP contribution in [-0.2, 0) is 10.2 Å². The smallest absolute Gasteiger partial charge is 0.250 e. The number of hydrogen-bond donors (Lipinski definition) is 1. The number of anilines is 2. The minimum atomic E-state index is -0.206. The highest BCUT2D eigenvalue weighted by Gasteiger charge is 2.38. The van der Waals surface area contributed by atoms with Crippen LogP contribution in [0.4, 0.5) is 11.4 Å². The molecule has 0 radical (unpaired) electrons. The molecule has 1 aliphatic rings. The van der Waals surface area contributed by atoms with E-state index >= 15 is 0 Å². The monoisotopic (exact) mass is 326 g/mol. The van der Waals surface area contributed by atoms with E-state index in [-0.39, 0.29) is 11.3 Å². The Kier molecular flexibility index (Phi) is 3.90. The van der Waals surface area contributed by atoms with E-state index in [0.29, 0.717) is 5.02 Å². The maximum atomic E-state index is 12.4. The third-order valence-corrected chi connectivity index (χ3v) is 4.57. The molecule has 1 N–H and O–H groups in total. The number of nitrogens with zero attached hydrogens (tertiary/aromatic N) is 1. The molecule has 0 spiro atoms. The molecule has 118 valence electrons. The molecule has 2 aromatic carbocycles. The molecule has 0 saturated carbocycles. The van der Waals surface area contributed by atoms with Crippen LogP contribution in [-0.4, -0.2) is 13.0 Å². The number of para-hydroxylation sites is 1. The number of nitrogens with one attached hydrogen (secondary N) is 1. The Morgan fingerprint density at radius 2 is 1.78 bits per heavy atom. The van der Waals surface area contributed by atoms with Crippen LogP contribution in [0.1, 0.15) is 19.4 Å². The molecule has 0 saturated heterocycles. The maximum absolute atomic E-state index is 12.4. The van der Waals surface area contributed by atoms with E-state index in [1.54, 1.807) is 30.3 Å². The van der Waals surface area contributed by atoms with Gasteiger partial charge in [-0.2, -0.15) is 0 Å². The van der Waals surface area contributed by atoms with Crippen molar-refractivity contribution in [1.82, 2.24) is 0 Å². The third kappa shape index (κ3) is 2.84. The number of likely N-dealkylation sites (N-methyl/N-ethyl adjacent to an activating group) is 1. The number of carbonyl (C=O) groups excluding carboxylic acids is 1. The summed E-state index contributed by atoms with van der Waals surface area (Å²) in [6.07, 6.45) is 1.68. The van der Waals surface area contributed by atoms with Gasteiger partial charge in [0.1, 0.15) is 0 Å². The Hall–Kier alpha value is -2.26. The summed E-state index contributed by atoms with van der Waals surface area (Å²) in [4.78, 5) is 14.5. The van der Waals surface area contributed by atoms with E-state index in [9.17, 15) is 4.79 Å². The Labute approximate surface area is 141 Å². The Morgan fingerprint density at radius 1 is 1.13 bits per heavy atom. The SMILES string of the molecule is CN1/C(=C/C(=O)Nc2ccc(Cl)cc2)C(C)(C)c2ccccc21. The van der Waals surface area contributed by atoms with Crippen LogP contribution in [0.2, 0.25) is 5.02 Å². The van der Waals surface area contributed by atoms with E-state index < -0.39 is 0 Å². The first-order chi connectivity index (χ1) is 10.9. The predicted molar refractivity (Wildman–Crippen MR) is 96.0 cm³/mol. The van der Waals surface area contributed by atoms with E-state index in [4.69, 9.17) is 11.6 Å². The van der Waals surface area contributed by atoms with Crippen LogP contribution < -0.4 is 10.2 Å². The minimum Gasteiger partial charge on any atom is -0.347 e. The summed E-state index contributed by atoms with van der Waals surface area (Å²) in [5.74, 6) is -0.143. The zero-order valence-corrected chi connectivity index (χ0v) is 14.2. The molecular formula is C19H19ClN2O. The van der Waals surface area contributed by atoms with Crippen LogP contribution in [0.25, 0.3) is 0 Å². The average molecular weight is 327 g/mol. The number of halogens is 1. The highest BCUT2D eigenvalue weighted by molar-refractivity contribution is 6.30. The Balaban J connectivity index is 1.88. The summed E-state index contributed by atoms with van der Waals surface area (Å²) in [5, 5.41) is 3.53. The van der Waals surface area contributed by atoms with Crippen molar-refractivity contribution < 1.29 is 4.79 Å². The first-order valence-electron chi connectivity index (χ1n) is 7.51. The molecular weight excluding hydrogens is 308 g/mol. The summed E-state index contributed by atoms with van der Waals surface area (Å²) in [6.45, 7) is 4.27. The van der Waals surface area contributed by atoms with Gasteiger partial charge in [0.25, 0.3) is 0 Å². The van der Waals surface area contributed by atoms with Gasteiger partial charge in [-0.15, -0.1) is 0 Å². The number of amides is 1. The second-order valence-electron chi connectivity index (χ2n) is 6.23. The predicted octanol–water partition coefficient (Wildman–Crippen LogP) is 4.59. The molecule has 0 fully saturated rings. The molecule has 23 heavy (non-hydrogen) atoms. The number of fused-ring (bicyclic) bond motifs is 1. The zero-order valence-electron chi connectivity index (χ0n) is 13.4. The van der Waals surface area contributed by atoms with Crippen LogP contribution in [0, 0.1) is 0 Å². The fourth-order valence-corrected chi connectivity index (χ4v) is 3.22. The van der Waals surface area contributed by atoms with Gasteiger partial charge in [-0.1, -0.05) is 43.6 Å².